The van der Waals surface area contributed by atoms with Crippen LogP contribution in [0.1, 0.15) is 31.2 Å². The van der Waals surface area contributed by atoms with Crippen molar-refractivity contribution in [3.8, 4) is 5.75 Å². The Morgan fingerprint density at radius 2 is 1.75 bits per heavy atom. The number of sulfonamides is 1. The molecule has 0 atom stereocenters. The summed E-state index contributed by atoms with van der Waals surface area (Å²) in [6.07, 6.45) is 3.87. The van der Waals surface area contributed by atoms with Gasteiger partial charge in [-0.25, -0.2) is 13.1 Å². The monoisotopic (exact) mass is 422 g/mol. The third-order valence-electron chi connectivity index (χ3n) is 4.61. The quantitative estimate of drug-likeness (QED) is 0.683. The van der Waals surface area contributed by atoms with Crippen molar-refractivity contribution in [1.82, 2.24) is 10.0 Å². The minimum Gasteiger partial charge on any atom is -0.484 e. The molecule has 0 heterocycles. The number of hydrogen-bond donors (Lipinski definition) is 2. The molecule has 0 saturated heterocycles. The topological polar surface area (TPSA) is 84.5 Å². The van der Waals surface area contributed by atoms with Crippen molar-refractivity contribution < 1.29 is 17.9 Å². The fourth-order valence-electron chi connectivity index (χ4n) is 3.08. The first-order valence-corrected chi connectivity index (χ1v) is 11.1. The molecule has 0 aromatic heterocycles. The maximum Gasteiger partial charge on any atom is 0.258 e. The molecule has 1 fully saturated rings. The van der Waals surface area contributed by atoms with Gasteiger partial charge in [-0.15, -0.1) is 0 Å². The van der Waals surface area contributed by atoms with E-state index < -0.39 is 10.0 Å². The summed E-state index contributed by atoms with van der Waals surface area (Å²) in [5.74, 6) is 0.132. The first-order chi connectivity index (χ1) is 13.4. The molecule has 1 aliphatic rings. The molecular weight excluding hydrogens is 400 g/mol. The average molecular weight is 423 g/mol. The van der Waals surface area contributed by atoms with Crippen LogP contribution in [0.5, 0.6) is 5.75 Å². The van der Waals surface area contributed by atoms with E-state index in [-0.39, 0.29) is 23.5 Å². The van der Waals surface area contributed by atoms with Gasteiger partial charge >= 0.3 is 0 Å². The zero-order valence-electron chi connectivity index (χ0n) is 15.4. The fourth-order valence-corrected chi connectivity index (χ4v) is 4.59. The van der Waals surface area contributed by atoms with Crippen LogP contribution >= 0.6 is 11.6 Å². The molecule has 28 heavy (non-hydrogen) atoms. The second kappa shape index (κ2) is 9.41. The lowest BCUT2D eigenvalue weighted by atomic mass is 10.2. The molecular formula is C20H23ClN2O4S. The van der Waals surface area contributed by atoms with Crippen LogP contribution in [0.25, 0.3) is 0 Å². The highest BCUT2D eigenvalue weighted by Crippen LogP contribution is 2.21. The van der Waals surface area contributed by atoms with Crippen molar-refractivity contribution in [3.63, 3.8) is 0 Å². The van der Waals surface area contributed by atoms with E-state index in [4.69, 9.17) is 16.3 Å². The summed E-state index contributed by atoms with van der Waals surface area (Å²) in [7, 11) is -3.53. The number of halogens is 1. The Balaban J connectivity index is 1.48. The van der Waals surface area contributed by atoms with E-state index in [2.05, 4.69) is 10.0 Å². The van der Waals surface area contributed by atoms with Crippen LogP contribution in [0.2, 0.25) is 5.02 Å². The lowest BCUT2D eigenvalue weighted by Crippen LogP contribution is -2.32. The van der Waals surface area contributed by atoms with Gasteiger partial charge in [0, 0.05) is 17.6 Å². The average Bonchev–Trinajstić information content (AvgIpc) is 3.18. The van der Waals surface area contributed by atoms with E-state index in [1.54, 1.807) is 18.2 Å². The van der Waals surface area contributed by atoms with Crippen molar-refractivity contribution in [2.24, 2.45) is 0 Å². The van der Waals surface area contributed by atoms with Crippen molar-refractivity contribution >= 4 is 27.5 Å². The summed E-state index contributed by atoms with van der Waals surface area (Å²) in [5.41, 5.74) is 0.821. The molecule has 2 aromatic carbocycles. The van der Waals surface area contributed by atoms with Gasteiger partial charge in [0.05, 0.1) is 4.90 Å². The van der Waals surface area contributed by atoms with Crippen molar-refractivity contribution in [2.45, 2.75) is 43.2 Å². The second-order valence-corrected chi connectivity index (χ2v) is 8.85. The lowest BCUT2D eigenvalue weighted by molar-refractivity contribution is -0.123. The summed E-state index contributed by atoms with van der Waals surface area (Å²) in [4.78, 5) is 12.1. The first-order valence-electron chi connectivity index (χ1n) is 9.19. The van der Waals surface area contributed by atoms with Gasteiger partial charge in [-0.3, -0.25) is 4.79 Å². The molecule has 150 valence electrons. The Kier molecular flexibility index (Phi) is 6.93. The van der Waals surface area contributed by atoms with Crippen LogP contribution < -0.4 is 14.8 Å². The number of nitrogens with one attached hydrogen (secondary N) is 2. The zero-order valence-corrected chi connectivity index (χ0v) is 16.9. The molecule has 0 unspecified atom stereocenters. The maximum absolute atomic E-state index is 12.4. The van der Waals surface area contributed by atoms with E-state index in [1.165, 1.54) is 12.1 Å². The SMILES string of the molecule is O=C(COc1ccc(S(=O)(=O)NC2CCCC2)cc1)NCc1ccccc1Cl. The number of rotatable bonds is 8. The van der Waals surface area contributed by atoms with Gasteiger partial charge in [0.25, 0.3) is 5.91 Å². The van der Waals surface area contributed by atoms with Crippen molar-refractivity contribution in [3.05, 3.63) is 59.1 Å². The van der Waals surface area contributed by atoms with E-state index in [1.807, 2.05) is 18.2 Å². The number of amides is 1. The third-order valence-corrected chi connectivity index (χ3v) is 6.52. The third kappa shape index (κ3) is 5.70. The smallest absolute Gasteiger partial charge is 0.258 e. The molecule has 0 spiro atoms. The lowest BCUT2D eigenvalue weighted by Gasteiger charge is -2.13. The van der Waals surface area contributed by atoms with Gasteiger partial charge in [0.1, 0.15) is 5.75 Å². The Morgan fingerprint density at radius 3 is 2.43 bits per heavy atom. The normalized spacial score (nSPS) is 14.8. The molecule has 1 saturated carbocycles. The first kappa shape index (κ1) is 20.6. The van der Waals surface area contributed by atoms with Gasteiger partial charge in [0.15, 0.2) is 6.61 Å². The molecule has 3 rings (SSSR count). The van der Waals surface area contributed by atoms with Crippen molar-refractivity contribution in [1.29, 1.82) is 0 Å². The van der Waals surface area contributed by atoms with E-state index in [0.717, 1.165) is 31.2 Å². The second-order valence-electron chi connectivity index (χ2n) is 6.73. The van der Waals surface area contributed by atoms with E-state index in [9.17, 15) is 13.2 Å². The van der Waals surface area contributed by atoms with Crippen LogP contribution in [-0.4, -0.2) is 27.0 Å². The highest BCUT2D eigenvalue weighted by Gasteiger charge is 2.22. The minimum absolute atomic E-state index is 0.0164. The van der Waals surface area contributed by atoms with Crippen LogP contribution in [0.4, 0.5) is 0 Å². The fraction of sp³-hybridized carbons (Fsp3) is 0.350. The minimum atomic E-state index is -3.53. The molecule has 1 amide bonds. The molecule has 1 aliphatic carbocycles. The van der Waals surface area contributed by atoms with Crippen LogP contribution in [-0.2, 0) is 21.4 Å². The molecule has 6 nitrogen and oxygen atoms in total. The number of ether oxygens (including phenoxy) is 1. The van der Waals surface area contributed by atoms with E-state index >= 15 is 0 Å². The Bertz CT molecular complexity index is 910. The molecule has 0 radical (unpaired) electrons. The summed E-state index contributed by atoms with van der Waals surface area (Å²) in [5, 5.41) is 3.32. The largest absolute Gasteiger partial charge is 0.484 e. The maximum atomic E-state index is 12.4. The Hall–Kier alpha value is -2.09. The highest BCUT2D eigenvalue weighted by molar-refractivity contribution is 7.89. The van der Waals surface area contributed by atoms with Gasteiger partial charge in [-0.1, -0.05) is 42.6 Å². The van der Waals surface area contributed by atoms with Gasteiger partial charge in [-0.2, -0.15) is 0 Å². The number of carbonyl (C=O) groups is 1. The standard InChI is InChI=1S/C20H23ClN2O4S/c21-19-8-4-1-5-15(19)13-22-20(24)14-27-17-9-11-18(12-10-17)28(25,26)23-16-6-2-3-7-16/h1,4-5,8-12,16,23H,2-3,6-7,13-14H2,(H,22,24). The summed E-state index contributed by atoms with van der Waals surface area (Å²) in [6, 6.07) is 13.3. The van der Waals surface area contributed by atoms with Crippen LogP contribution in [0, 0.1) is 0 Å². The van der Waals surface area contributed by atoms with Crippen LogP contribution in [0.3, 0.4) is 0 Å². The summed E-state index contributed by atoms with van der Waals surface area (Å²) < 4.78 is 32.9. The predicted octanol–water partition coefficient (Wildman–Crippen LogP) is 3.26. The Labute approximate surface area is 170 Å². The highest BCUT2D eigenvalue weighted by atomic mass is 35.5. The van der Waals surface area contributed by atoms with Gasteiger partial charge in [-0.05, 0) is 48.7 Å². The predicted molar refractivity (Wildman–Crippen MR) is 108 cm³/mol. The Morgan fingerprint density at radius 1 is 1.07 bits per heavy atom. The summed E-state index contributed by atoms with van der Waals surface area (Å²) >= 11 is 6.05. The van der Waals surface area contributed by atoms with Crippen molar-refractivity contribution in [2.75, 3.05) is 6.61 Å². The van der Waals surface area contributed by atoms with Crippen LogP contribution in [0.15, 0.2) is 53.4 Å². The molecule has 0 bridgehead atoms. The molecule has 2 N–H and O–H groups in total. The van der Waals surface area contributed by atoms with Gasteiger partial charge in [0.2, 0.25) is 10.0 Å². The van der Waals surface area contributed by atoms with E-state index in [0.29, 0.717) is 17.3 Å². The van der Waals surface area contributed by atoms with Gasteiger partial charge < -0.3 is 10.1 Å². The molecule has 0 aliphatic heterocycles. The summed E-state index contributed by atoms with van der Waals surface area (Å²) in [6.45, 7) is 0.142. The number of benzene rings is 2. The number of carbonyl (C=O) groups excluding carboxylic acids is 1. The molecule has 8 heteroatoms. The molecule has 2 aromatic rings. The number of hydrogen-bond acceptors (Lipinski definition) is 4. The zero-order chi connectivity index (χ0) is 20.0.